The summed E-state index contributed by atoms with van der Waals surface area (Å²) < 4.78 is 0. The number of benzene rings is 1. The van der Waals surface area contributed by atoms with Crippen molar-refractivity contribution in [3.63, 3.8) is 0 Å². The van der Waals surface area contributed by atoms with E-state index in [1.165, 1.54) is 6.92 Å². The summed E-state index contributed by atoms with van der Waals surface area (Å²) in [6, 6.07) is 6.87. The third-order valence-electron chi connectivity index (χ3n) is 1.89. The standard InChI is InChI=1S/C11H14N2O2/c1-8(14)9-4-3-5-10(6-9)13-11(15)7-12-2/h3-6,12H,7H2,1-2H3,(H,13,15). The highest BCUT2D eigenvalue weighted by atomic mass is 16.2. The molecular formula is C11H14N2O2. The minimum Gasteiger partial charge on any atom is -0.325 e. The number of nitrogens with one attached hydrogen (secondary N) is 2. The van der Waals surface area contributed by atoms with Crippen LogP contribution in [0.25, 0.3) is 0 Å². The molecule has 1 rings (SSSR count). The van der Waals surface area contributed by atoms with Crippen LogP contribution in [0.15, 0.2) is 24.3 Å². The Morgan fingerprint density at radius 1 is 1.33 bits per heavy atom. The summed E-state index contributed by atoms with van der Waals surface area (Å²) in [5.74, 6) is -0.141. The van der Waals surface area contributed by atoms with Crippen molar-refractivity contribution < 1.29 is 9.59 Å². The van der Waals surface area contributed by atoms with Crippen LogP contribution in [0, 0.1) is 0 Å². The van der Waals surface area contributed by atoms with Gasteiger partial charge in [0.1, 0.15) is 0 Å². The van der Waals surface area contributed by atoms with Crippen LogP contribution in [-0.4, -0.2) is 25.3 Å². The van der Waals surface area contributed by atoms with Gasteiger partial charge in [-0.1, -0.05) is 12.1 Å². The molecule has 0 heterocycles. The highest BCUT2D eigenvalue weighted by Gasteiger charge is 2.03. The second-order valence-corrected chi connectivity index (χ2v) is 3.22. The molecule has 0 aliphatic carbocycles. The van der Waals surface area contributed by atoms with Crippen molar-refractivity contribution in [3.05, 3.63) is 29.8 Å². The van der Waals surface area contributed by atoms with Crippen LogP contribution in [0.5, 0.6) is 0 Å². The number of anilines is 1. The zero-order valence-corrected chi connectivity index (χ0v) is 8.83. The predicted molar refractivity (Wildman–Crippen MR) is 59.0 cm³/mol. The minimum absolute atomic E-state index is 0.0142. The number of likely N-dealkylation sites (N-methyl/N-ethyl adjacent to an activating group) is 1. The van der Waals surface area contributed by atoms with E-state index in [0.29, 0.717) is 11.3 Å². The first-order chi connectivity index (χ1) is 7.13. The van der Waals surface area contributed by atoms with E-state index in [0.717, 1.165) is 0 Å². The van der Waals surface area contributed by atoms with Gasteiger partial charge in [-0.3, -0.25) is 9.59 Å². The zero-order chi connectivity index (χ0) is 11.3. The molecule has 0 spiro atoms. The van der Waals surface area contributed by atoms with Crippen LogP contribution in [0.4, 0.5) is 5.69 Å². The molecular weight excluding hydrogens is 192 g/mol. The fourth-order valence-corrected chi connectivity index (χ4v) is 1.18. The average Bonchev–Trinajstić information content (AvgIpc) is 2.18. The maximum Gasteiger partial charge on any atom is 0.238 e. The summed E-state index contributed by atoms with van der Waals surface area (Å²) in [6.07, 6.45) is 0. The predicted octanol–water partition coefficient (Wildman–Crippen LogP) is 1.05. The van der Waals surface area contributed by atoms with Crippen molar-refractivity contribution in [3.8, 4) is 0 Å². The lowest BCUT2D eigenvalue weighted by Crippen LogP contribution is -2.25. The highest BCUT2D eigenvalue weighted by molar-refractivity contribution is 5.97. The van der Waals surface area contributed by atoms with Gasteiger partial charge in [-0.15, -0.1) is 0 Å². The third-order valence-corrected chi connectivity index (χ3v) is 1.89. The number of carbonyl (C=O) groups excluding carboxylic acids is 2. The van der Waals surface area contributed by atoms with Gasteiger partial charge >= 0.3 is 0 Å². The minimum atomic E-state index is -0.127. The Labute approximate surface area is 88.7 Å². The van der Waals surface area contributed by atoms with E-state index in [-0.39, 0.29) is 18.2 Å². The molecule has 0 fully saturated rings. The second kappa shape index (κ2) is 5.26. The average molecular weight is 206 g/mol. The molecule has 80 valence electrons. The Kier molecular flexibility index (Phi) is 4.00. The van der Waals surface area contributed by atoms with E-state index >= 15 is 0 Å². The molecule has 0 radical (unpaired) electrons. The SMILES string of the molecule is CNCC(=O)Nc1cccc(C(C)=O)c1. The topological polar surface area (TPSA) is 58.2 Å². The summed E-state index contributed by atoms with van der Waals surface area (Å²) in [4.78, 5) is 22.3. The van der Waals surface area contributed by atoms with Crippen LogP contribution in [0.1, 0.15) is 17.3 Å². The Bertz CT molecular complexity index is 375. The van der Waals surface area contributed by atoms with Gasteiger partial charge in [-0.25, -0.2) is 0 Å². The van der Waals surface area contributed by atoms with Gasteiger partial charge in [0.05, 0.1) is 6.54 Å². The van der Waals surface area contributed by atoms with Gasteiger partial charge in [-0.05, 0) is 26.1 Å². The summed E-state index contributed by atoms with van der Waals surface area (Å²) in [5.41, 5.74) is 1.24. The molecule has 0 bridgehead atoms. The molecule has 0 unspecified atom stereocenters. The number of carbonyl (C=O) groups is 2. The Morgan fingerprint density at radius 3 is 2.67 bits per heavy atom. The van der Waals surface area contributed by atoms with Crippen LogP contribution < -0.4 is 10.6 Å². The lowest BCUT2D eigenvalue weighted by atomic mass is 10.1. The van der Waals surface area contributed by atoms with Crippen molar-refractivity contribution in [1.82, 2.24) is 5.32 Å². The van der Waals surface area contributed by atoms with Crippen LogP contribution in [-0.2, 0) is 4.79 Å². The van der Waals surface area contributed by atoms with Crippen LogP contribution >= 0.6 is 0 Å². The molecule has 0 saturated heterocycles. The van der Waals surface area contributed by atoms with Gasteiger partial charge in [0, 0.05) is 11.3 Å². The Morgan fingerprint density at radius 2 is 2.07 bits per heavy atom. The third kappa shape index (κ3) is 3.52. The van der Waals surface area contributed by atoms with Crippen molar-refractivity contribution in [2.75, 3.05) is 18.9 Å². The molecule has 1 aromatic rings. The quantitative estimate of drug-likeness (QED) is 0.724. The largest absolute Gasteiger partial charge is 0.325 e. The molecule has 0 saturated carbocycles. The van der Waals surface area contributed by atoms with Crippen molar-refractivity contribution in [2.24, 2.45) is 0 Å². The van der Waals surface area contributed by atoms with Crippen molar-refractivity contribution in [2.45, 2.75) is 6.92 Å². The fraction of sp³-hybridized carbons (Fsp3) is 0.273. The van der Waals surface area contributed by atoms with Gasteiger partial charge in [0.2, 0.25) is 5.91 Å². The molecule has 2 N–H and O–H groups in total. The fourth-order valence-electron chi connectivity index (χ4n) is 1.18. The zero-order valence-electron chi connectivity index (χ0n) is 8.83. The molecule has 0 atom stereocenters. The summed E-state index contributed by atoms with van der Waals surface area (Å²) >= 11 is 0. The smallest absolute Gasteiger partial charge is 0.238 e. The van der Waals surface area contributed by atoms with E-state index in [1.54, 1.807) is 31.3 Å². The van der Waals surface area contributed by atoms with Gasteiger partial charge < -0.3 is 10.6 Å². The Hall–Kier alpha value is -1.68. The molecule has 0 aromatic heterocycles. The first-order valence-electron chi connectivity index (χ1n) is 4.69. The lowest BCUT2D eigenvalue weighted by molar-refractivity contribution is -0.115. The van der Waals surface area contributed by atoms with E-state index in [2.05, 4.69) is 10.6 Å². The Balaban J connectivity index is 2.73. The molecule has 15 heavy (non-hydrogen) atoms. The van der Waals surface area contributed by atoms with E-state index in [9.17, 15) is 9.59 Å². The first-order valence-corrected chi connectivity index (χ1v) is 4.69. The first kappa shape index (κ1) is 11.4. The molecule has 1 amide bonds. The number of rotatable bonds is 4. The van der Waals surface area contributed by atoms with Gasteiger partial charge in [0.25, 0.3) is 0 Å². The van der Waals surface area contributed by atoms with E-state index in [4.69, 9.17) is 0 Å². The lowest BCUT2D eigenvalue weighted by Gasteiger charge is -2.05. The summed E-state index contributed by atoms with van der Waals surface area (Å²) in [5, 5.41) is 5.43. The van der Waals surface area contributed by atoms with E-state index in [1.807, 2.05) is 0 Å². The van der Waals surface area contributed by atoms with Crippen molar-refractivity contribution >= 4 is 17.4 Å². The number of amides is 1. The monoisotopic (exact) mass is 206 g/mol. The maximum atomic E-state index is 11.2. The molecule has 0 aliphatic heterocycles. The highest BCUT2D eigenvalue weighted by Crippen LogP contribution is 2.10. The summed E-state index contributed by atoms with van der Waals surface area (Å²) in [6.45, 7) is 1.75. The number of hydrogen-bond acceptors (Lipinski definition) is 3. The molecule has 4 nitrogen and oxygen atoms in total. The van der Waals surface area contributed by atoms with Crippen molar-refractivity contribution in [1.29, 1.82) is 0 Å². The molecule has 0 aliphatic rings. The normalized spacial score (nSPS) is 9.73. The van der Waals surface area contributed by atoms with Crippen LogP contribution in [0.2, 0.25) is 0 Å². The number of ketones is 1. The maximum absolute atomic E-state index is 11.2. The van der Waals surface area contributed by atoms with Gasteiger partial charge in [0.15, 0.2) is 5.78 Å². The van der Waals surface area contributed by atoms with Gasteiger partial charge in [-0.2, -0.15) is 0 Å². The number of Topliss-reactive ketones (excluding diaryl/α,β-unsaturated/α-hetero) is 1. The second-order valence-electron chi connectivity index (χ2n) is 3.22. The van der Waals surface area contributed by atoms with E-state index < -0.39 is 0 Å². The van der Waals surface area contributed by atoms with Crippen LogP contribution in [0.3, 0.4) is 0 Å². The summed E-state index contributed by atoms with van der Waals surface area (Å²) in [7, 11) is 1.70. The molecule has 1 aromatic carbocycles. The number of hydrogen-bond donors (Lipinski definition) is 2. The molecule has 4 heteroatoms.